The Morgan fingerprint density at radius 2 is 1.82 bits per heavy atom. The van der Waals surface area contributed by atoms with E-state index in [-0.39, 0.29) is 35.0 Å². The number of hydrogen-bond acceptors (Lipinski definition) is 9. The second-order valence-corrected chi connectivity index (χ2v) is 8.87. The van der Waals surface area contributed by atoms with E-state index < -0.39 is 75.5 Å². The number of carbonyl (C=O) groups excluding carboxylic acids is 3. The van der Waals surface area contributed by atoms with Gasteiger partial charge in [-0.15, -0.1) is 12.4 Å². The number of likely N-dealkylation sites (N-methyl/N-ethyl adjacent to an activating group) is 1. The van der Waals surface area contributed by atoms with Crippen LogP contribution in [0.4, 0.5) is 0 Å². The van der Waals surface area contributed by atoms with Gasteiger partial charge in [0, 0.05) is 28.0 Å². The summed E-state index contributed by atoms with van der Waals surface area (Å²) in [7, 11) is 2.97. The molecule has 0 bridgehead atoms. The summed E-state index contributed by atoms with van der Waals surface area (Å²) >= 11 is 6.19. The Balaban J connectivity index is 0.00000306. The lowest BCUT2D eigenvalue weighted by atomic mass is 9.57. The summed E-state index contributed by atoms with van der Waals surface area (Å²) in [6, 6.07) is 1.25. The van der Waals surface area contributed by atoms with E-state index in [2.05, 4.69) is 0 Å². The van der Waals surface area contributed by atoms with E-state index in [1.807, 2.05) is 0 Å². The summed E-state index contributed by atoms with van der Waals surface area (Å²) in [5.41, 5.74) is 0.845. The second-order valence-electron chi connectivity index (χ2n) is 8.47. The van der Waals surface area contributed by atoms with Gasteiger partial charge in [0.15, 0.2) is 11.4 Å². The van der Waals surface area contributed by atoms with Gasteiger partial charge in [-0.05, 0) is 32.6 Å². The molecule has 4 rings (SSSR count). The average molecular weight is 501 g/mol. The van der Waals surface area contributed by atoms with Gasteiger partial charge in [0.2, 0.25) is 5.78 Å². The number of halogens is 2. The Bertz CT molecular complexity index is 1160. The number of nitrogens with zero attached hydrogens (tertiary/aromatic N) is 1. The summed E-state index contributed by atoms with van der Waals surface area (Å²) in [5, 5.41) is 54.4. The number of ketones is 2. The number of nitrogens with two attached hydrogens (primary N) is 1. The third-order valence-corrected chi connectivity index (χ3v) is 6.97. The minimum atomic E-state index is -2.77. The zero-order chi connectivity index (χ0) is 23.9. The molecule has 0 saturated heterocycles. The first-order valence-electron chi connectivity index (χ1n) is 9.69. The standard InChI is InChI=1S/C21H21ClN2O8.ClH/c1-24(2)14-7-5-6-10(16(27)12-9(25)4-3-8(22)11(12)15(6)26)18(29)21(7,32)19(30)13(17(14)28)20(23)31;/h3-4,6-7,14-15,25-27,30,32H,5H2,1-2H3,(H2,23,31);1H/t6?,7?,14-,15+,21?;/m1./s1. The van der Waals surface area contributed by atoms with E-state index in [0.717, 1.165) is 0 Å². The quantitative estimate of drug-likeness (QED) is 0.315. The Morgan fingerprint density at radius 1 is 1.21 bits per heavy atom. The maximum Gasteiger partial charge on any atom is 0.255 e. The molecule has 178 valence electrons. The SMILES string of the molecule is CN(C)[C@H]1C(=O)C(C(N)=O)=C(O)C2(O)C(=O)C3=C(O)c4c(O)ccc(Cl)c4[C@@H](O)C3CC12.Cl. The Kier molecular flexibility index (Phi) is 6.06. The minimum absolute atomic E-state index is 0. The molecule has 1 fully saturated rings. The molecule has 1 aromatic carbocycles. The topological polar surface area (TPSA) is 182 Å². The first-order chi connectivity index (χ1) is 14.8. The Morgan fingerprint density at radius 3 is 2.36 bits per heavy atom. The van der Waals surface area contributed by atoms with Crippen molar-refractivity contribution in [2.75, 3.05) is 14.1 Å². The van der Waals surface area contributed by atoms with E-state index in [9.17, 15) is 39.9 Å². The van der Waals surface area contributed by atoms with Crippen LogP contribution in [0.15, 0.2) is 29.0 Å². The molecule has 0 radical (unpaired) electrons. The van der Waals surface area contributed by atoms with Crippen LogP contribution in [0.2, 0.25) is 5.02 Å². The van der Waals surface area contributed by atoms with Crippen molar-refractivity contribution in [3.05, 3.63) is 45.2 Å². The van der Waals surface area contributed by atoms with Crippen molar-refractivity contribution in [2.45, 2.75) is 24.2 Å². The van der Waals surface area contributed by atoms with Crippen molar-refractivity contribution < 1.29 is 39.9 Å². The van der Waals surface area contributed by atoms with Crippen LogP contribution in [0.25, 0.3) is 5.76 Å². The molecule has 3 unspecified atom stereocenters. The highest BCUT2D eigenvalue weighted by Crippen LogP contribution is 2.56. The molecule has 3 aliphatic carbocycles. The average Bonchev–Trinajstić information content (AvgIpc) is 2.69. The van der Waals surface area contributed by atoms with Crippen molar-refractivity contribution in [1.82, 2.24) is 4.90 Å². The maximum atomic E-state index is 13.6. The van der Waals surface area contributed by atoms with Gasteiger partial charge < -0.3 is 31.3 Å². The first kappa shape index (κ1) is 25.0. The number of aliphatic hydroxyl groups excluding tert-OH is 3. The predicted molar refractivity (Wildman–Crippen MR) is 118 cm³/mol. The number of benzene rings is 1. The van der Waals surface area contributed by atoms with E-state index in [1.54, 1.807) is 0 Å². The molecule has 3 aliphatic rings. The number of phenolic OH excluding ortho intramolecular Hbond substituents is 1. The molecular formula is C21H22Cl2N2O8. The zero-order valence-electron chi connectivity index (χ0n) is 17.4. The maximum absolute atomic E-state index is 13.6. The number of aromatic hydroxyl groups is 1. The van der Waals surface area contributed by atoms with Gasteiger partial charge in [-0.25, -0.2) is 0 Å². The Hall–Kier alpha value is -2.63. The monoisotopic (exact) mass is 500 g/mol. The van der Waals surface area contributed by atoms with Crippen LogP contribution in [0, 0.1) is 11.8 Å². The molecule has 1 aromatic rings. The fourth-order valence-corrected chi connectivity index (χ4v) is 5.51. The summed E-state index contributed by atoms with van der Waals surface area (Å²) in [4.78, 5) is 39.8. The van der Waals surface area contributed by atoms with Crippen molar-refractivity contribution in [2.24, 2.45) is 17.6 Å². The number of carbonyl (C=O) groups is 3. The fourth-order valence-electron chi connectivity index (χ4n) is 5.24. The van der Waals surface area contributed by atoms with Crippen LogP contribution < -0.4 is 5.73 Å². The lowest BCUT2D eigenvalue weighted by molar-refractivity contribution is -0.155. The minimum Gasteiger partial charge on any atom is -0.508 e. The first-order valence-corrected chi connectivity index (χ1v) is 10.1. The number of phenols is 1. The van der Waals surface area contributed by atoms with E-state index >= 15 is 0 Å². The van der Waals surface area contributed by atoms with Gasteiger partial charge in [0.05, 0.1) is 17.7 Å². The number of hydrogen-bond donors (Lipinski definition) is 6. The van der Waals surface area contributed by atoms with Gasteiger partial charge in [-0.3, -0.25) is 19.3 Å². The van der Waals surface area contributed by atoms with Crippen LogP contribution in [0.1, 0.15) is 23.7 Å². The lowest BCUT2D eigenvalue weighted by Gasteiger charge is -2.51. The van der Waals surface area contributed by atoms with Crippen molar-refractivity contribution in [3.63, 3.8) is 0 Å². The normalized spacial score (nSPS) is 31.1. The van der Waals surface area contributed by atoms with Crippen molar-refractivity contribution in [1.29, 1.82) is 0 Å². The number of primary amides is 1. The smallest absolute Gasteiger partial charge is 0.255 e. The fraction of sp³-hybridized carbons (Fsp3) is 0.381. The summed E-state index contributed by atoms with van der Waals surface area (Å²) < 4.78 is 0. The highest BCUT2D eigenvalue weighted by Gasteiger charge is 2.65. The molecule has 12 heteroatoms. The number of rotatable bonds is 2. The number of Topliss-reactive ketones (excluding diaryl/α,β-unsaturated/α-hetero) is 2. The van der Waals surface area contributed by atoms with E-state index in [1.165, 1.54) is 31.1 Å². The van der Waals surface area contributed by atoms with Gasteiger partial charge in [0.25, 0.3) is 5.91 Å². The molecule has 1 amide bonds. The van der Waals surface area contributed by atoms with Crippen LogP contribution in [0.5, 0.6) is 5.75 Å². The highest BCUT2D eigenvalue weighted by molar-refractivity contribution is 6.32. The van der Waals surface area contributed by atoms with Gasteiger partial charge in [0.1, 0.15) is 22.8 Å². The molecule has 10 nitrogen and oxygen atoms in total. The van der Waals surface area contributed by atoms with Crippen molar-refractivity contribution in [3.8, 4) is 5.75 Å². The highest BCUT2D eigenvalue weighted by atomic mass is 35.5. The molecular weight excluding hydrogens is 479 g/mol. The third-order valence-electron chi connectivity index (χ3n) is 6.64. The second kappa shape index (κ2) is 8.00. The van der Waals surface area contributed by atoms with E-state index in [4.69, 9.17) is 17.3 Å². The number of amides is 1. The molecule has 0 spiro atoms. The van der Waals surface area contributed by atoms with Gasteiger partial charge >= 0.3 is 0 Å². The molecule has 33 heavy (non-hydrogen) atoms. The molecule has 7 N–H and O–H groups in total. The van der Waals surface area contributed by atoms with E-state index in [0.29, 0.717) is 0 Å². The number of aliphatic hydroxyl groups is 4. The summed E-state index contributed by atoms with van der Waals surface area (Å²) in [6.45, 7) is 0. The van der Waals surface area contributed by atoms with Crippen LogP contribution in [0.3, 0.4) is 0 Å². The largest absolute Gasteiger partial charge is 0.508 e. The van der Waals surface area contributed by atoms with Crippen LogP contribution in [-0.4, -0.2) is 73.6 Å². The van der Waals surface area contributed by atoms with Gasteiger partial charge in [-0.2, -0.15) is 0 Å². The molecule has 0 heterocycles. The Labute approximate surface area is 199 Å². The van der Waals surface area contributed by atoms with Crippen molar-refractivity contribution >= 4 is 47.2 Å². The zero-order valence-corrected chi connectivity index (χ0v) is 19.0. The lowest BCUT2D eigenvalue weighted by Crippen LogP contribution is -2.66. The summed E-state index contributed by atoms with van der Waals surface area (Å²) in [6.07, 6.45) is -1.70. The summed E-state index contributed by atoms with van der Waals surface area (Å²) in [5.74, 6) is -8.19. The molecule has 0 aromatic heterocycles. The van der Waals surface area contributed by atoms with Gasteiger partial charge in [-0.1, -0.05) is 11.6 Å². The molecule has 1 saturated carbocycles. The molecule has 0 aliphatic heterocycles. The third kappa shape index (κ3) is 3.09. The number of fused-ring (bicyclic) bond motifs is 3. The van der Waals surface area contributed by atoms with Crippen LogP contribution in [-0.2, 0) is 14.4 Å². The molecule has 5 atom stereocenters. The van der Waals surface area contributed by atoms with Crippen LogP contribution >= 0.6 is 24.0 Å². The predicted octanol–water partition coefficient (Wildman–Crippen LogP) is 0.530.